The Hall–Kier alpha value is -1.55. The van der Waals surface area contributed by atoms with Gasteiger partial charge in [0.15, 0.2) is 0 Å². The van der Waals surface area contributed by atoms with E-state index in [1.165, 1.54) is 0 Å². The van der Waals surface area contributed by atoms with Crippen molar-refractivity contribution < 1.29 is 9.90 Å². The van der Waals surface area contributed by atoms with E-state index in [9.17, 15) is 9.90 Å². The van der Waals surface area contributed by atoms with Gasteiger partial charge in [-0.15, -0.1) is 0 Å². The van der Waals surface area contributed by atoms with E-state index in [1.807, 2.05) is 6.07 Å². The van der Waals surface area contributed by atoms with Crippen molar-refractivity contribution in [2.75, 3.05) is 13.1 Å². The molecule has 1 fully saturated rings. The first-order chi connectivity index (χ1) is 7.65. The van der Waals surface area contributed by atoms with Gasteiger partial charge < -0.3 is 15.7 Å². The highest BCUT2D eigenvalue weighted by Gasteiger charge is 2.23. The highest BCUT2D eigenvalue weighted by molar-refractivity contribution is 5.79. The van der Waals surface area contributed by atoms with Crippen LogP contribution in [0, 0.1) is 0 Å². The monoisotopic (exact) mass is 220 g/mol. The van der Waals surface area contributed by atoms with Gasteiger partial charge in [-0.25, -0.2) is 0 Å². The van der Waals surface area contributed by atoms with Crippen LogP contribution in [0.15, 0.2) is 24.3 Å². The molecule has 0 spiro atoms. The van der Waals surface area contributed by atoms with Crippen molar-refractivity contribution in [2.45, 2.75) is 18.9 Å². The topological polar surface area (TPSA) is 66.6 Å². The molecule has 16 heavy (non-hydrogen) atoms. The summed E-state index contributed by atoms with van der Waals surface area (Å²) in [5, 5.41) is 9.29. The molecule has 2 rings (SSSR count). The lowest BCUT2D eigenvalue weighted by molar-refractivity contribution is -0.129. The number of hydrogen-bond donors (Lipinski definition) is 2. The Morgan fingerprint density at radius 3 is 3.00 bits per heavy atom. The maximum Gasteiger partial charge on any atom is 0.227 e. The second-order valence-corrected chi connectivity index (χ2v) is 4.24. The Balaban J connectivity index is 1.97. The normalized spacial score (nSPS) is 20.1. The van der Waals surface area contributed by atoms with Crippen LogP contribution in [-0.2, 0) is 11.2 Å². The van der Waals surface area contributed by atoms with Gasteiger partial charge >= 0.3 is 0 Å². The second-order valence-electron chi connectivity index (χ2n) is 4.24. The fraction of sp³-hybridized carbons (Fsp3) is 0.417. The fourth-order valence-corrected chi connectivity index (χ4v) is 1.97. The molecule has 0 saturated carbocycles. The zero-order valence-corrected chi connectivity index (χ0v) is 9.10. The quantitative estimate of drug-likeness (QED) is 0.762. The number of phenols is 1. The predicted octanol–water partition coefficient (Wildman–Crippen LogP) is 0.494. The molecule has 0 radical (unpaired) electrons. The number of likely N-dealkylation sites (tertiary alicyclic amines) is 1. The summed E-state index contributed by atoms with van der Waals surface area (Å²) < 4.78 is 0. The molecule has 1 aliphatic heterocycles. The maximum absolute atomic E-state index is 11.9. The zero-order chi connectivity index (χ0) is 11.5. The van der Waals surface area contributed by atoms with Gasteiger partial charge in [-0.3, -0.25) is 4.79 Å². The minimum absolute atomic E-state index is 0.0820. The summed E-state index contributed by atoms with van der Waals surface area (Å²) in [6.07, 6.45) is 1.22. The van der Waals surface area contributed by atoms with Gasteiger partial charge in [0.1, 0.15) is 5.75 Å². The summed E-state index contributed by atoms with van der Waals surface area (Å²) in [6, 6.07) is 6.92. The summed E-state index contributed by atoms with van der Waals surface area (Å²) >= 11 is 0. The third kappa shape index (κ3) is 2.52. The molecule has 0 bridgehead atoms. The summed E-state index contributed by atoms with van der Waals surface area (Å²) in [5.74, 6) is 0.280. The fourth-order valence-electron chi connectivity index (χ4n) is 1.97. The van der Waals surface area contributed by atoms with Gasteiger partial charge in [-0.1, -0.05) is 12.1 Å². The number of phenolic OH excluding ortho intramolecular Hbond substituents is 1. The van der Waals surface area contributed by atoms with E-state index in [4.69, 9.17) is 5.73 Å². The molecule has 0 aromatic heterocycles. The Morgan fingerprint density at radius 2 is 2.38 bits per heavy atom. The molecule has 4 nitrogen and oxygen atoms in total. The summed E-state index contributed by atoms with van der Waals surface area (Å²) in [6.45, 7) is 1.40. The Kier molecular flexibility index (Phi) is 3.10. The van der Waals surface area contributed by atoms with Crippen LogP contribution in [0.2, 0.25) is 0 Å². The molecule has 1 heterocycles. The highest BCUT2D eigenvalue weighted by Crippen LogP contribution is 2.14. The Morgan fingerprint density at radius 1 is 1.56 bits per heavy atom. The van der Waals surface area contributed by atoms with Crippen LogP contribution in [0.4, 0.5) is 0 Å². The number of aromatic hydroxyl groups is 1. The van der Waals surface area contributed by atoms with Crippen LogP contribution >= 0.6 is 0 Å². The van der Waals surface area contributed by atoms with Crippen molar-refractivity contribution >= 4 is 5.91 Å². The number of amides is 1. The van der Waals surface area contributed by atoms with E-state index in [1.54, 1.807) is 23.1 Å². The molecule has 1 aliphatic rings. The van der Waals surface area contributed by atoms with Gasteiger partial charge in [0.2, 0.25) is 5.91 Å². The number of carbonyl (C=O) groups is 1. The van der Waals surface area contributed by atoms with Crippen LogP contribution < -0.4 is 5.73 Å². The lowest BCUT2D eigenvalue weighted by atomic mass is 10.1. The van der Waals surface area contributed by atoms with Gasteiger partial charge in [-0.2, -0.15) is 0 Å². The molecule has 1 unspecified atom stereocenters. The molecule has 86 valence electrons. The maximum atomic E-state index is 11.9. The first kappa shape index (κ1) is 11.0. The molecule has 0 aliphatic carbocycles. The first-order valence-electron chi connectivity index (χ1n) is 5.46. The van der Waals surface area contributed by atoms with E-state index < -0.39 is 0 Å². The van der Waals surface area contributed by atoms with Crippen LogP contribution in [-0.4, -0.2) is 35.0 Å². The number of carbonyl (C=O) groups excluding carboxylic acids is 1. The standard InChI is InChI=1S/C12H16N2O2/c13-10-4-5-14(8-10)12(16)7-9-2-1-3-11(15)6-9/h1-3,6,10,15H,4-5,7-8,13H2. The van der Waals surface area contributed by atoms with Gasteiger partial charge in [0.25, 0.3) is 0 Å². The molecule has 1 saturated heterocycles. The van der Waals surface area contributed by atoms with E-state index in [0.29, 0.717) is 13.0 Å². The molecule has 1 aromatic carbocycles. The van der Waals surface area contributed by atoms with Crippen LogP contribution in [0.3, 0.4) is 0 Å². The number of nitrogens with two attached hydrogens (primary N) is 1. The molecular weight excluding hydrogens is 204 g/mol. The van der Waals surface area contributed by atoms with Crippen molar-refractivity contribution in [3.63, 3.8) is 0 Å². The summed E-state index contributed by atoms with van der Waals surface area (Å²) in [7, 11) is 0. The Bertz CT molecular complexity index is 392. The van der Waals surface area contributed by atoms with Gasteiger partial charge in [-0.05, 0) is 24.1 Å². The molecule has 3 N–H and O–H groups in total. The van der Waals surface area contributed by atoms with Crippen LogP contribution in [0.25, 0.3) is 0 Å². The van der Waals surface area contributed by atoms with Crippen molar-refractivity contribution in [2.24, 2.45) is 5.73 Å². The highest BCUT2D eigenvalue weighted by atomic mass is 16.3. The van der Waals surface area contributed by atoms with E-state index in [0.717, 1.165) is 18.5 Å². The van der Waals surface area contributed by atoms with E-state index in [2.05, 4.69) is 0 Å². The largest absolute Gasteiger partial charge is 0.508 e. The second kappa shape index (κ2) is 4.53. The number of benzene rings is 1. The number of rotatable bonds is 2. The molecule has 1 aromatic rings. The smallest absolute Gasteiger partial charge is 0.227 e. The molecule has 1 amide bonds. The molecule has 4 heteroatoms. The minimum atomic E-state index is 0.0820. The lowest BCUT2D eigenvalue weighted by Gasteiger charge is -2.15. The molecule has 1 atom stereocenters. The first-order valence-corrected chi connectivity index (χ1v) is 5.46. The average molecular weight is 220 g/mol. The van der Waals surface area contributed by atoms with Crippen LogP contribution in [0.1, 0.15) is 12.0 Å². The van der Waals surface area contributed by atoms with Crippen molar-refractivity contribution in [3.8, 4) is 5.75 Å². The average Bonchev–Trinajstić information content (AvgIpc) is 2.65. The minimum Gasteiger partial charge on any atom is -0.508 e. The zero-order valence-electron chi connectivity index (χ0n) is 9.10. The third-order valence-corrected chi connectivity index (χ3v) is 2.84. The summed E-state index contributed by atoms with van der Waals surface area (Å²) in [4.78, 5) is 13.6. The van der Waals surface area contributed by atoms with Gasteiger partial charge in [0, 0.05) is 19.1 Å². The van der Waals surface area contributed by atoms with Crippen molar-refractivity contribution in [1.82, 2.24) is 4.90 Å². The summed E-state index contributed by atoms with van der Waals surface area (Å²) in [5.41, 5.74) is 6.58. The van der Waals surface area contributed by atoms with Crippen molar-refractivity contribution in [3.05, 3.63) is 29.8 Å². The SMILES string of the molecule is NC1CCN(C(=O)Cc2cccc(O)c2)C1. The van der Waals surface area contributed by atoms with E-state index >= 15 is 0 Å². The van der Waals surface area contributed by atoms with Crippen molar-refractivity contribution in [1.29, 1.82) is 0 Å². The van der Waals surface area contributed by atoms with E-state index in [-0.39, 0.29) is 17.7 Å². The van der Waals surface area contributed by atoms with Crippen LogP contribution in [0.5, 0.6) is 5.75 Å². The number of nitrogens with zero attached hydrogens (tertiary/aromatic N) is 1. The lowest BCUT2D eigenvalue weighted by Crippen LogP contribution is -2.32. The number of hydrogen-bond acceptors (Lipinski definition) is 3. The molecular formula is C12H16N2O2. The Labute approximate surface area is 94.7 Å². The third-order valence-electron chi connectivity index (χ3n) is 2.84. The predicted molar refractivity (Wildman–Crippen MR) is 61.0 cm³/mol. The van der Waals surface area contributed by atoms with Gasteiger partial charge in [0.05, 0.1) is 6.42 Å².